The Labute approximate surface area is 174 Å². The molecule has 1 saturated heterocycles. The molecule has 0 spiro atoms. The maximum absolute atomic E-state index is 12.3. The normalized spacial score (nSPS) is 14.8. The standard InChI is InChI=1S/C20H21Cl2N3O3/c1-14-3-2-4-15(9-14)12-24-5-7-25(8-6-24)18(26)13-28-20(27)16-10-17(21)19(22)23-11-16/h2-4,9-11H,5-8,12-13H2,1H3. The Bertz CT molecular complexity index is 868. The molecule has 1 aromatic carbocycles. The molecule has 1 aliphatic heterocycles. The Morgan fingerprint density at radius 3 is 2.57 bits per heavy atom. The van der Waals surface area contributed by atoms with Gasteiger partial charge in [-0.2, -0.15) is 0 Å². The number of rotatable bonds is 5. The van der Waals surface area contributed by atoms with E-state index in [4.69, 9.17) is 27.9 Å². The van der Waals surface area contributed by atoms with Crippen LogP contribution in [0.15, 0.2) is 36.5 Å². The second-order valence-electron chi connectivity index (χ2n) is 6.72. The van der Waals surface area contributed by atoms with Gasteiger partial charge in [0.2, 0.25) is 0 Å². The van der Waals surface area contributed by atoms with Crippen molar-refractivity contribution in [2.24, 2.45) is 0 Å². The molecule has 1 fully saturated rings. The molecule has 0 N–H and O–H groups in total. The van der Waals surface area contributed by atoms with E-state index in [9.17, 15) is 9.59 Å². The second-order valence-corrected chi connectivity index (χ2v) is 7.48. The van der Waals surface area contributed by atoms with Crippen LogP contribution < -0.4 is 0 Å². The molecule has 6 nitrogen and oxygen atoms in total. The van der Waals surface area contributed by atoms with Gasteiger partial charge in [-0.05, 0) is 18.6 Å². The van der Waals surface area contributed by atoms with E-state index in [1.54, 1.807) is 4.90 Å². The summed E-state index contributed by atoms with van der Waals surface area (Å²) in [6, 6.07) is 9.79. The van der Waals surface area contributed by atoms with Crippen LogP contribution >= 0.6 is 23.2 Å². The fourth-order valence-electron chi connectivity index (χ4n) is 3.06. The van der Waals surface area contributed by atoms with Crippen LogP contribution in [0, 0.1) is 6.92 Å². The maximum atomic E-state index is 12.3. The summed E-state index contributed by atoms with van der Waals surface area (Å²) in [4.78, 5) is 32.2. The van der Waals surface area contributed by atoms with Gasteiger partial charge >= 0.3 is 5.97 Å². The van der Waals surface area contributed by atoms with E-state index in [1.165, 1.54) is 23.4 Å². The first kappa shape index (κ1) is 20.6. The lowest BCUT2D eigenvalue weighted by atomic mass is 10.1. The minimum Gasteiger partial charge on any atom is -0.452 e. The first-order valence-corrected chi connectivity index (χ1v) is 9.72. The molecule has 0 atom stereocenters. The van der Waals surface area contributed by atoms with E-state index in [0.29, 0.717) is 13.1 Å². The molecular formula is C20H21Cl2N3O3. The van der Waals surface area contributed by atoms with Crippen LogP contribution in [-0.2, 0) is 16.1 Å². The molecule has 1 amide bonds. The third-order valence-electron chi connectivity index (χ3n) is 4.57. The van der Waals surface area contributed by atoms with E-state index < -0.39 is 5.97 Å². The highest BCUT2D eigenvalue weighted by Crippen LogP contribution is 2.20. The van der Waals surface area contributed by atoms with Gasteiger partial charge in [0.05, 0.1) is 10.6 Å². The number of benzene rings is 1. The number of carbonyl (C=O) groups excluding carboxylic acids is 2. The van der Waals surface area contributed by atoms with Gasteiger partial charge in [0, 0.05) is 38.9 Å². The fourth-order valence-corrected chi connectivity index (χ4v) is 3.33. The zero-order chi connectivity index (χ0) is 20.1. The number of piperazine rings is 1. The molecule has 0 saturated carbocycles. The lowest BCUT2D eigenvalue weighted by molar-refractivity contribution is -0.136. The summed E-state index contributed by atoms with van der Waals surface area (Å²) in [5.41, 5.74) is 2.67. The summed E-state index contributed by atoms with van der Waals surface area (Å²) >= 11 is 11.6. The van der Waals surface area contributed by atoms with Gasteiger partial charge in [-0.25, -0.2) is 9.78 Å². The van der Waals surface area contributed by atoms with Gasteiger partial charge in [-0.1, -0.05) is 53.0 Å². The van der Waals surface area contributed by atoms with Gasteiger partial charge < -0.3 is 9.64 Å². The number of halogens is 2. The van der Waals surface area contributed by atoms with Crippen LogP contribution in [-0.4, -0.2) is 59.4 Å². The molecule has 1 aromatic heterocycles. The summed E-state index contributed by atoms with van der Waals surface area (Å²) < 4.78 is 5.09. The van der Waals surface area contributed by atoms with Crippen molar-refractivity contribution in [2.75, 3.05) is 32.8 Å². The zero-order valence-electron chi connectivity index (χ0n) is 15.5. The number of pyridine rings is 1. The first-order valence-electron chi connectivity index (χ1n) is 8.96. The van der Waals surface area contributed by atoms with E-state index in [2.05, 4.69) is 41.1 Å². The Hall–Kier alpha value is -2.15. The first-order chi connectivity index (χ1) is 13.4. The van der Waals surface area contributed by atoms with Crippen LogP contribution in [0.3, 0.4) is 0 Å². The van der Waals surface area contributed by atoms with Gasteiger partial charge in [-0.3, -0.25) is 9.69 Å². The second kappa shape index (κ2) is 9.37. The number of hydrogen-bond donors (Lipinski definition) is 0. The molecule has 0 aliphatic carbocycles. The summed E-state index contributed by atoms with van der Waals surface area (Å²) in [7, 11) is 0. The van der Waals surface area contributed by atoms with Crippen molar-refractivity contribution in [2.45, 2.75) is 13.5 Å². The highest BCUT2D eigenvalue weighted by molar-refractivity contribution is 6.41. The smallest absolute Gasteiger partial charge is 0.340 e. The van der Waals surface area contributed by atoms with E-state index in [0.717, 1.165) is 19.6 Å². The summed E-state index contributed by atoms with van der Waals surface area (Å²) in [6.07, 6.45) is 1.27. The van der Waals surface area contributed by atoms with E-state index in [1.807, 2.05) is 0 Å². The Morgan fingerprint density at radius 2 is 1.89 bits per heavy atom. The topological polar surface area (TPSA) is 62.7 Å². The number of carbonyl (C=O) groups is 2. The lowest BCUT2D eigenvalue weighted by Crippen LogP contribution is -2.49. The minimum atomic E-state index is -0.655. The molecule has 28 heavy (non-hydrogen) atoms. The van der Waals surface area contributed by atoms with Crippen LogP contribution in [0.25, 0.3) is 0 Å². The number of ether oxygens (including phenoxy) is 1. The Morgan fingerprint density at radius 1 is 1.14 bits per heavy atom. The van der Waals surface area contributed by atoms with Gasteiger partial charge in [0.15, 0.2) is 6.61 Å². The number of aryl methyl sites for hydroxylation is 1. The van der Waals surface area contributed by atoms with Gasteiger partial charge in [-0.15, -0.1) is 0 Å². The highest BCUT2D eigenvalue weighted by Gasteiger charge is 2.22. The van der Waals surface area contributed by atoms with E-state index in [-0.39, 0.29) is 28.3 Å². The zero-order valence-corrected chi connectivity index (χ0v) is 17.0. The maximum Gasteiger partial charge on any atom is 0.340 e. The predicted octanol–water partition coefficient (Wildman–Crippen LogP) is 3.20. The van der Waals surface area contributed by atoms with E-state index >= 15 is 0 Å². The quantitative estimate of drug-likeness (QED) is 0.547. The van der Waals surface area contributed by atoms with Crippen LogP contribution in [0.4, 0.5) is 0 Å². The average Bonchev–Trinajstić information content (AvgIpc) is 2.68. The third-order valence-corrected chi connectivity index (χ3v) is 5.26. The molecule has 0 bridgehead atoms. The molecule has 0 unspecified atom stereocenters. The molecule has 8 heteroatoms. The van der Waals surface area contributed by atoms with Crippen molar-refractivity contribution in [3.63, 3.8) is 0 Å². The summed E-state index contributed by atoms with van der Waals surface area (Å²) in [5.74, 6) is -0.867. The lowest BCUT2D eigenvalue weighted by Gasteiger charge is -2.34. The van der Waals surface area contributed by atoms with Crippen molar-refractivity contribution < 1.29 is 14.3 Å². The Kier molecular flexibility index (Phi) is 6.88. The third kappa shape index (κ3) is 5.44. The fraction of sp³-hybridized carbons (Fsp3) is 0.350. The highest BCUT2D eigenvalue weighted by atomic mass is 35.5. The molecule has 2 aromatic rings. The number of aromatic nitrogens is 1. The number of hydrogen-bond acceptors (Lipinski definition) is 5. The summed E-state index contributed by atoms with van der Waals surface area (Å²) in [6.45, 7) is 5.41. The number of nitrogens with zero attached hydrogens (tertiary/aromatic N) is 3. The minimum absolute atomic E-state index is 0.109. The number of amides is 1. The Balaban J connectivity index is 1.44. The van der Waals surface area contributed by atoms with Crippen LogP contribution in [0.5, 0.6) is 0 Å². The molecular weight excluding hydrogens is 401 g/mol. The van der Waals surface area contributed by atoms with Crippen LogP contribution in [0.1, 0.15) is 21.5 Å². The number of esters is 1. The van der Waals surface area contributed by atoms with Gasteiger partial charge in [0.25, 0.3) is 5.91 Å². The molecule has 0 radical (unpaired) electrons. The van der Waals surface area contributed by atoms with Crippen LogP contribution in [0.2, 0.25) is 10.2 Å². The summed E-state index contributed by atoms with van der Waals surface area (Å²) in [5, 5.41) is 0.269. The van der Waals surface area contributed by atoms with Crippen molar-refractivity contribution in [1.29, 1.82) is 0 Å². The largest absolute Gasteiger partial charge is 0.452 e. The predicted molar refractivity (Wildman–Crippen MR) is 108 cm³/mol. The monoisotopic (exact) mass is 421 g/mol. The van der Waals surface area contributed by atoms with Crippen molar-refractivity contribution in [3.05, 3.63) is 63.4 Å². The van der Waals surface area contributed by atoms with Crippen molar-refractivity contribution in [1.82, 2.24) is 14.8 Å². The van der Waals surface area contributed by atoms with Gasteiger partial charge in [0.1, 0.15) is 5.15 Å². The average molecular weight is 422 g/mol. The molecule has 2 heterocycles. The molecule has 3 rings (SSSR count). The SMILES string of the molecule is Cc1cccc(CN2CCN(C(=O)COC(=O)c3cnc(Cl)c(Cl)c3)CC2)c1. The van der Waals surface area contributed by atoms with Crippen molar-refractivity contribution in [3.8, 4) is 0 Å². The molecule has 148 valence electrons. The van der Waals surface area contributed by atoms with Crippen molar-refractivity contribution >= 4 is 35.1 Å². The molecule has 1 aliphatic rings.